The van der Waals surface area contributed by atoms with E-state index in [0.717, 1.165) is 4.90 Å². The molecule has 1 fully saturated rings. The number of hydrogen-bond acceptors (Lipinski definition) is 2. The van der Waals surface area contributed by atoms with E-state index in [-0.39, 0.29) is 19.0 Å². The number of amides is 1. The Balaban J connectivity index is 2.62. The van der Waals surface area contributed by atoms with Crippen molar-refractivity contribution < 1.29 is 18.0 Å². The largest absolute Gasteiger partial charge is 0.471 e. The number of alkyl halides is 3. The summed E-state index contributed by atoms with van der Waals surface area (Å²) in [5.41, 5.74) is 0. The molecule has 0 radical (unpaired) electrons. The molecule has 14 heavy (non-hydrogen) atoms. The van der Waals surface area contributed by atoms with Crippen molar-refractivity contribution in [3.05, 3.63) is 0 Å². The van der Waals surface area contributed by atoms with Crippen LogP contribution in [0.25, 0.3) is 0 Å². The van der Waals surface area contributed by atoms with E-state index in [1.165, 1.54) is 0 Å². The normalized spacial score (nSPS) is 24.6. The fraction of sp³-hybridized carbons (Fsp3) is 0.875. The number of halogens is 3. The molecular weight excluding hydrogens is 197 g/mol. The number of hydrogen-bond donors (Lipinski definition) is 1. The monoisotopic (exact) mass is 210 g/mol. The summed E-state index contributed by atoms with van der Waals surface area (Å²) in [6, 6.07) is 0. The summed E-state index contributed by atoms with van der Waals surface area (Å²) < 4.78 is 36.2. The maximum atomic E-state index is 12.1. The molecule has 3 nitrogen and oxygen atoms in total. The van der Waals surface area contributed by atoms with Gasteiger partial charge in [0.1, 0.15) is 0 Å². The molecule has 0 spiro atoms. The van der Waals surface area contributed by atoms with Crippen molar-refractivity contribution in [2.75, 3.05) is 26.2 Å². The van der Waals surface area contributed by atoms with Gasteiger partial charge < -0.3 is 10.2 Å². The topological polar surface area (TPSA) is 32.3 Å². The van der Waals surface area contributed by atoms with Crippen LogP contribution in [0.3, 0.4) is 0 Å². The predicted molar refractivity (Wildman–Crippen MR) is 44.7 cm³/mol. The van der Waals surface area contributed by atoms with Gasteiger partial charge in [-0.15, -0.1) is 0 Å². The van der Waals surface area contributed by atoms with Crippen molar-refractivity contribution in [1.82, 2.24) is 10.2 Å². The van der Waals surface area contributed by atoms with Crippen LogP contribution in [-0.2, 0) is 4.79 Å². The number of carbonyl (C=O) groups excluding carboxylic acids is 1. The lowest BCUT2D eigenvalue weighted by molar-refractivity contribution is -0.185. The zero-order valence-corrected chi connectivity index (χ0v) is 7.90. The van der Waals surface area contributed by atoms with Crippen molar-refractivity contribution in [3.63, 3.8) is 0 Å². The molecule has 0 saturated carbocycles. The molecule has 0 aromatic rings. The summed E-state index contributed by atoms with van der Waals surface area (Å²) in [6.45, 7) is 3.19. The van der Waals surface area contributed by atoms with E-state index in [4.69, 9.17) is 0 Å². The van der Waals surface area contributed by atoms with Crippen molar-refractivity contribution >= 4 is 5.91 Å². The second-order valence-electron chi connectivity index (χ2n) is 3.56. The van der Waals surface area contributed by atoms with Gasteiger partial charge >= 0.3 is 12.1 Å². The quantitative estimate of drug-likeness (QED) is 0.635. The molecule has 1 aliphatic rings. The highest BCUT2D eigenvalue weighted by molar-refractivity contribution is 5.81. The van der Waals surface area contributed by atoms with Crippen molar-refractivity contribution in [3.8, 4) is 0 Å². The highest BCUT2D eigenvalue weighted by Crippen LogP contribution is 2.19. The molecule has 0 aromatic heterocycles. The lowest BCUT2D eigenvalue weighted by atomic mass is 10.2. The van der Waals surface area contributed by atoms with Gasteiger partial charge in [0.15, 0.2) is 0 Å². The van der Waals surface area contributed by atoms with Crippen LogP contribution in [0.5, 0.6) is 0 Å². The molecule has 0 bridgehead atoms. The first kappa shape index (κ1) is 11.3. The van der Waals surface area contributed by atoms with Gasteiger partial charge in [-0.2, -0.15) is 13.2 Å². The third-order valence-corrected chi connectivity index (χ3v) is 2.11. The number of nitrogens with zero attached hydrogens (tertiary/aromatic N) is 1. The highest BCUT2D eigenvalue weighted by atomic mass is 19.4. The highest BCUT2D eigenvalue weighted by Gasteiger charge is 2.42. The Morgan fingerprint density at radius 1 is 1.50 bits per heavy atom. The fourth-order valence-corrected chi connectivity index (χ4v) is 1.46. The fourth-order valence-electron chi connectivity index (χ4n) is 1.46. The summed E-state index contributed by atoms with van der Waals surface area (Å²) in [5.74, 6) is -1.67. The molecule has 0 aromatic carbocycles. The minimum Gasteiger partial charge on any atom is -0.333 e. The van der Waals surface area contributed by atoms with Gasteiger partial charge in [0.05, 0.1) is 0 Å². The average Bonchev–Trinajstić information content (AvgIpc) is 2.26. The van der Waals surface area contributed by atoms with Crippen LogP contribution in [0.4, 0.5) is 13.2 Å². The van der Waals surface area contributed by atoms with E-state index in [2.05, 4.69) is 5.32 Å². The first-order valence-corrected chi connectivity index (χ1v) is 4.48. The molecule has 1 atom stereocenters. The minimum absolute atomic E-state index is 0.0591. The summed E-state index contributed by atoms with van der Waals surface area (Å²) >= 11 is 0. The second kappa shape index (κ2) is 4.16. The number of nitrogens with one attached hydrogen (secondary N) is 1. The van der Waals surface area contributed by atoms with E-state index in [0.29, 0.717) is 13.1 Å². The lowest BCUT2D eigenvalue weighted by Crippen LogP contribution is -2.43. The van der Waals surface area contributed by atoms with Crippen molar-refractivity contribution in [2.45, 2.75) is 13.1 Å². The summed E-state index contributed by atoms with van der Waals surface area (Å²) in [4.78, 5) is 11.8. The minimum atomic E-state index is -4.75. The van der Waals surface area contributed by atoms with Crippen LogP contribution in [-0.4, -0.2) is 43.2 Å². The van der Waals surface area contributed by atoms with Gasteiger partial charge in [0.2, 0.25) is 0 Å². The zero-order chi connectivity index (χ0) is 10.8. The Kier molecular flexibility index (Phi) is 3.36. The van der Waals surface area contributed by atoms with Crippen LogP contribution in [0.1, 0.15) is 6.92 Å². The Morgan fingerprint density at radius 3 is 2.71 bits per heavy atom. The molecule has 0 aliphatic carbocycles. The van der Waals surface area contributed by atoms with Gasteiger partial charge in [-0.1, -0.05) is 6.92 Å². The maximum Gasteiger partial charge on any atom is 0.471 e. The number of rotatable bonds is 0. The van der Waals surface area contributed by atoms with E-state index in [9.17, 15) is 18.0 Å². The molecule has 82 valence electrons. The standard InChI is InChI=1S/C8H13F3N2O/c1-6-4-12-2-3-13(5-6)7(14)8(9,10)11/h6,12H,2-5H2,1H3. The van der Waals surface area contributed by atoms with Crippen LogP contribution in [0, 0.1) is 5.92 Å². The lowest BCUT2D eigenvalue weighted by Gasteiger charge is -2.23. The molecule has 1 heterocycles. The maximum absolute atomic E-state index is 12.1. The van der Waals surface area contributed by atoms with Gasteiger partial charge in [-0.3, -0.25) is 4.79 Å². The first-order valence-electron chi connectivity index (χ1n) is 4.48. The van der Waals surface area contributed by atoms with Gasteiger partial charge in [-0.05, 0) is 12.5 Å². The van der Waals surface area contributed by atoms with Crippen LogP contribution >= 0.6 is 0 Å². The van der Waals surface area contributed by atoms with Crippen molar-refractivity contribution in [1.29, 1.82) is 0 Å². The molecule has 1 N–H and O–H groups in total. The summed E-state index contributed by atoms with van der Waals surface area (Å²) in [7, 11) is 0. The van der Waals surface area contributed by atoms with Crippen LogP contribution in [0.15, 0.2) is 0 Å². The molecule has 1 saturated heterocycles. The van der Waals surface area contributed by atoms with Crippen LogP contribution < -0.4 is 5.32 Å². The average molecular weight is 210 g/mol. The predicted octanol–water partition coefficient (Wildman–Crippen LogP) is 0.617. The first-order chi connectivity index (χ1) is 6.41. The third-order valence-electron chi connectivity index (χ3n) is 2.11. The Morgan fingerprint density at radius 2 is 2.14 bits per heavy atom. The molecule has 1 aliphatic heterocycles. The summed E-state index contributed by atoms with van der Waals surface area (Å²) in [6.07, 6.45) is -4.75. The molecule has 6 heteroatoms. The third kappa shape index (κ3) is 2.87. The molecular formula is C8H13F3N2O. The Hall–Kier alpha value is -0.780. The molecule has 1 rings (SSSR count). The van der Waals surface area contributed by atoms with Gasteiger partial charge in [-0.25, -0.2) is 0 Å². The van der Waals surface area contributed by atoms with E-state index in [1.54, 1.807) is 0 Å². The Labute approximate surface area is 80.3 Å². The summed E-state index contributed by atoms with van der Waals surface area (Å²) in [5, 5.41) is 2.97. The number of carbonyl (C=O) groups is 1. The SMILES string of the molecule is CC1CNCCN(C(=O)C(F)(F)F)C1. The molecule has 1 unspecified atom stereocenters. The van der Waals surface area contributed by atoms with Crippen LogP contribution in [0.2, 0.25) is 0 Å². The zero-order valence-electron chi connectivity index (χ0n) is 7.90. The smallest absolute Gasteiger partial charge is 0.333 e. The van der Waals surface area contributed by atoms with E-state index in [1.807, 2.05) is 6.92 Å². The second-order valence-corrected chi connectivity index (χ2v) is 3.56. The van der Waals surface area contributed by atoms with E-state index >= 15 is 0 Å². The van der Waals surface area contributed by atoms with Gasteiger partial charge in [0, 0.05) is 19.6 Å². The molecule has 1 amide bonds. The Bertz CT molecular complexity index is 217. The van der Waals surface area contributed by atoms with Crippen molar-refractivity contribution in [2.24, 2.45) is 5.92 Å². The van der Waals surface area contributed by atoms with E-state index < -0.39 is 12.1 Å². The van der Waals surface area contributed by atoms with Gasteiger partial charge in [0.25, 0.3) is 0 Å².